The first-order chi connectivity index (χ1) is 21.7. The molecule has 2 aliphatic rings. The summed E-state index contributed by atoms with van der Waals surface area (Å²) in [5, 5.41) is 25.3. The van der Waals surface area contributed by atoms with E-state index in [2.05, 4.69) is 20.4 Å². The summed E-state index contributed by atoms with van der Waals surface area (Å²) in [5.41, 5.74) is 2.06. The molecule has 2 aromatic rings. The fourth-order valence-electron chi connectivity index (χ4n) is 5.76. The average molecular weight is 668 g/mol. The number of nitrogens with zero attached hydrogens (tertiary/aromatic N) is 2. The minimum absolute atomic E-state index is 0.126. The van der Waals surface area contributed by atoms with Gasteiger partial charge in [0.15, 0.2) is 0 Å². The zero-order chi connectivity index (χ0) is 32.3. The Balaban J connectivity index is 1.10. The number of halogens is 2. The standard InChI is InChI=1S/C32H44Cl2N4O7/c1-43-29-17-27(25(33)15-21(29)19-39)35-31(41)7-13-37-9-3-23(4-10-37)45-24-5-11-38(12-6-24)14-8-32(42)36-28-18-30(44-2)22(20-40)16-26(28)34/h15-18,23-24,39-40H,3-14,19-20H2,1-2H3,(H,35,41)(H,36,42). The van der Waals surface area contributed by atoms with Crippen LogP contribution in [0.2, 0.25) is 10.0 Å². The number of hydrogen-bond donors (Lipinski definition) is 4. The minimum atomic E-state index is -0.201. The third kappa shape index (κ3) is 10.2. The number of ether oxygens (including phenoxy) is 3. The molecular formula is C32H44Cl2N4O7. The summed E-state index contributed by atoms with van der Waals surface area (Å²) in [6.07, 6.45) is 4.85. The number of likely N-dealkylation sites (tertiary alicyclic amines) is 2. The van der Waals surface area contributed by atoms with Gasteiger partial charge in [0.05, 0.1) is 61.1 Å². The number of benzene rings is 2. The fourth-order valence-corrected chi connectivity index (χ4v) is 6.23. The number of amides is 2. The Kier molecular flexibility index (Phi) is 13.6. The molecule has 0 saturated carbocycles. The molecule has 2 aromatic carbocycles. The van der Waals surface area contributed by atoms with Gasteiger partial charge in [-0.05, 0) is 37.8 Å². The monoisotopic (exact) mass is 666 g/mol. The van der Waals surface area contributed by atoms with Gasteiger partial charge < -0.3 is 44.9 Å². The zero-order valence-electron chi connectivity index (χ0n) is 25.9. The van der Waals surface area contributed by atoms with E-state index in [1.807, 2.05) is 0 Å². The number of methoxy groups -OCH3 is 2. The number of nitrogens with one attached hydrogen (secondary N) is 2. The van der Waals surface area contributed by atoms with E-state index in [1.165, 1.54) is 14.2 Å². The summed E-state index contributed by atoms with van der Waals surface area (Å²) in [4.78, 5) is 29.7. The minimum Gasteiger partial charge on any atom is -0.496 e. The van der Waals surface area contributed by atoms with E-state index in [9.17, 15) is 19.8 Å². The predicted molar refractivity (Wildman–Crippen MR) is 174 cm³/mol. The number of aliphatic hydroxyl groups is 2. The molecule has 0 radical (unpaired) electrons. The molecule has 2 heterocycles. The molecule has 2 amide bonds. The average Bonchev–Trinajstić information content (AvgIpc) is 3.05. The van der Waals surface area contributed by atoms with Gasteiger partial charge in [0, 0.05) is 75.4 Å². The van der Waals surface area contributed by atoms with Crippen LogP contribution in [-0.4, -0.2) is 97.5 Å². The van der Waals surface area contributed by atoms with Crippen LogP contribution in [0.15, 0.2) is 24.3 Å². The number of hydrogen-bond acceptors (Lipinski definition) is 9. The molecular weight excluding hydrogens is 623 g/mol. The SMILES string of the molecule is COc1cc(NC(=O)CCN2CCC(OC3CCN(CCC(=O)Nc4cc(OC)c(CO)cc4Cl)CC3)CC2)c(Cl)cc1CO. The predicted octanol–water partition coefficient (Wildman–Crippen LogP) is 4.30. The van der Waals surface area contributed by atoms with Crippen LogP contribution in [0.1, 0.15) is 49.7 Å². The van der Waals surface area contributed by atoms with Crippen LogP contribution in [-0.2, 0) is 27.5 Å². The van der Waals surface area contributed by atoms with Gasteiger partial charge in [-0.15, -0.1) is 0 Å². The second-order valence-electron chi connectivity index (χ2n) is 11.4. The Morgan fingerprint density at radius 3 is 1.44 bits per heavy atom. The third-order valence-corrected chi connectivity index (χ3v) is 9.02. The smallest absolute Gasteiger partial charge is 0.225 e. The highest BCUT2D eigenvalue weighted by molar-refractivity contribution is 6.34. The maximum Gasteiger partial charge on any atom is 0.225 e. The summed E-state index contributed by atoms with van der Waals surface area (Å²) in [6, 6.07) is 6.46. The number of piperidine rings is 2. The first-order valence-corrected chi connectivity index (χ1v) is 16.1. The number of rotatable bonds is 14. The third-order valence-electron chi connectivity index (χ3n) is 8.39. The van der Waals surface area contributed by atoms with Crippen molar-refractivity contribution < 1.29 is 34.0 Å². The van der Waals surface area contributed by atoms with Gasteiger partial charge in [-0.25, -0.2) is 0 Å². The molecule has 0 atom stereocenters. The van der Waals surface area contributed by atoms with E-state index >= 15 is 0 Å². The van der Waals surface area contributed by atoms with E-state index < -0.39 is 0 Å². The number of carbonyl (C=O) groups excluding carboxylic acids is 2. The molecule has 2 fully saturated rings. The van der Waals surface area contributed by atoms with Crippen LogP contribution >= 0.6 is 23.2 Å². The highest BCUT2D eigenvalue weighted by Gasteiger charge is 2.26. The van der Waals surface area contributed by atoms with E-state index in [-0.39, 0.29) is 37.2 Å². The lowest BCUT2D eigenvalue weighted by Crippen LogP contribution is -2.43. The van der Waals surface area contributed by atoms with Crippen molar-refractivity contribution in [3.05, 3.63) is 45.4 Å². The number of aliphatic hydroxyl groups excluding tert-OH is 2. The summed E-state index contributed by atoms with van der Waals surface area (Å²) in [5.74, 6) is 0.697. The van der Waals surface area contributed by atoms with Crippen molar-refractivity contribution in [1.82, 2.24) is 9.80 Å². The maximum absolute atomic E-state index is 12.6. The summed E-state index contributed by atoms with van der Waals surface area (Å²) in [6.45, 7) is 4.42. The molecule has 0 spiro atoms. The first-order valence-electron chi connectivity index (χ1n) is 15.4. The van der Waals surface area contributed by atoms with Crippen LogP contribution in [0.4, 0.5) is 11.4 Å². The van der Waals surface area contributed by atoms with Crippen LogP contribution in [0.25, 0.3) is 0 Å². The Labute approximate surface area is 274 Å². The molecule has 45 heavy (non-hydrogen) atoms. The van der Waals surface area contributed by atoms with E-state index in [0.717, 1.165) is 51.9 Å². The second kappa shape index (κ2) is 17.3. The van der Waals surface area contributed by atoms with Crippen molar-refractivity contribution in [2.24, 2.45) is 0 Å². The van der Waals surface area contributed by atoms with Crippen molar-refractivity contribution in [2.45, 2.75) is 63.9 Å². The zero-order valence-corrected chi connectivity index (χ0v) is 27.5. The van der Waals surface area contributed by atoms with Gasteiger partial charge in [0.1, 0.15) is 11.5 Å². The van der Waals surface area contributed by atoms with Gasteiger partial charge in [-0.2, -0.15) is 0 Å². The van der Waals surface area contributed by atoms with Crippen molar-refractivity contribution in [2.75, 3.05) is 64.1 Å². The molecule has 0 aromatic heterocycles. The van der Waals surface area contributed by atoms with Crippen LogP contribution < -0.4 is 20.1 Å². The molecule has 0 bridgehead atoms. The lowest BCUT2D eigenvalue weighted by Gasteiger charge is -2.37. The lowest BCUT2D eigenvalue weighted by atomic mass is 10.0. The van der Waals surface area contributed by atoms with Gasteiger partial charge in [-0.3, -0.25) is 9.59 Å². The Morgan fingerprint density at radius 2 is 1.11 bits per heavy atom. The normalized spacial score (nSPS) is 16.8. The van der Waals surface area contributed by atoms with Gasteiger partial charge in [-0.1, -0.05) is 23.2 Å². The van der Waals surface area contributed by atoms with Crippen molar-refractivity contribution in [1.29, 1.82) is 0 Å². The van der Waals surface area contributed by atoms with Crippen molar-refractivity contribution in [3.63, 3.8) is 0 Å². The molecule has 2 aliphatic heterocycles. The Hall–Kier alpha value is -2.64. The van der Waals surface area contributed by atoms with Gasteiger partial charge in [0.2, 0.25) is 11.8 Å². The van der Waals surface area contributed by atoms with E-state index in [0.29, 0.717) is 70.0 Å². The Morgan fingerprint density at radius 1 is 0.733 bits per heavy atom. The topological polar surface area (TPSA) is 133 Å². The second-order valence-corrected chi connectivity index (χ2v) is 12.2. The van der Waals surface area contributed by atoms with E-state index in [1.54, 1.807) is 24.3 Å². The Bertz CT molecular complexity index is 1200. The molecule has 0 unspecified atom stereocenters. The molecule has 13 heteroatoms. The van der Waals surface area contributed by atoms with Crippen molar-refractivity contribution >= 4 is 46.4 Å². The molecule has 4 N–H and O–H groups in total. The van der Waals surface area contributed by atoms with Gasteiger partial charge in [0.25, 0.3) is 0 Å². The first kappa shape index (κ1) is 35.2. The van der Waals surface area contributed by atoms with E-state index in [4.69, 9.17) is 37.4 Å². The number of anilines is 2. The largest absolute Gasteiger partial charge is 0.496 e. The van der Waals surface area contributed by atoms with Crippen LogP contribution in [0, 0.1) is 0 Å². The molecule has 2 saturated heterocycles. The van der Waals surface area contributed by atoms with Crippen LogP contribution in [0.3, 0.4) is 0 Å². The quantitative estimate of drug-likeness (QED) is 0.233. The highest BCUT2D eigenvalue weighted by Crippen LogP contribution is 2.32. The highest BCUT2D eigenvalue weighted by atomic mass is 35.5. The van der Waals surface area contributed by atoms with Gasteiger partial charge >= 0.3 is 0 Å². The summed E-state index contributed by atoms with van der Waals surface area (Å²) in [7, 11) is 3.01. The van der Waals surface area contributed by atoms with Crippen LogP contribution in [0.5, 0.6) is 11.5 Å². The summed E-state index contributed by atoms with van der Waals surface area (Å²) < 4.78 is 17.0. The lowest BCUT2D eigenvalue weighted by molar-refractivity contribution is -0.117. The molecule has 4 rings (SSSR count). The van der Waals surface area contributed by atoms with Crippen molar-refractivity contribution in [3.8, 4) is 11.5 Å². The molecule has 248 valence electrons. The molecule has 11 nitrogen and oxygen atoms in total. The molecule has 0 aliphatic carbocycles. The summed E-state index contributed by atoms with van der Waals surface area (Å²) >= 11 is 12.5. The maximum atomic E-state index is 12.6. The fraction of sp³-hybridized carbons (Fsp3) is 0.562. The number of carbonyl (C=O) groups is 2.